The number of hydrogen-bond acceptors (Lipinski definition) is 2. The van der Waals surface area contributed by atoms with Gasteiger partial charge >= 0.3 is 0 Å². The largest absolute Gasteiger partial charge is 0.271 e. The molecule has 1 unspecified atom stereocenters. The molecule has 0 aliphatic heterocycles. The molecule has 1 atom stereocenters. The first-order valence-electron chi connectivity index (χ1n) is 7.40. The van der Waals surface area contributed by atoms with Crippen molar-refractivity contribution in [3.8, 4) is 0 Å². The topological polar surface area (TPSA) is 38.0 Å². The van der Waals surface area contributed by atoms with Crippen LogP contribution in [0.4, 0.5) is 0 Å². The maximum atomic E-state index is 5.81. The zero-order valence-electron chi connectivity index (χ0n) is 11.5. The summed E-state index contributed by atoms with van der Waals surface area (Å²) in [5, 5.41) is 0. The highest BCUT2D eigenvalue weighted by Crippen LogP contribution is 2.34. The van der Waals surface area contributed by atoms with Crippen LogP contribution in [-0.2, 0) is 6.42 Å². The Morgan fingerprint density at radius 3 is 2.72 bits per heavy atom. The van der Waals surface area contributed by atoms with Crippen LogP contribution in [0.15, 0.2) is 24.3 Å². The number of hydrazine groups is 1. The van der Waals surface area contributed by atoms with E-state index in [0.717, 1.165) is 6.42 Å². The van der Waals surface area contributed by atoms with Crippen LogP contribution in [-0.4, -0.2) is 0 Å². The summed E-state index contributed by atoms with van der Waals surface area (Å²) in [6.45, 7) is 2.23. The lowest BCUT2D eigenvalue weighted by molar-refractivity contribution is 0.273. The van der Waals surface area contributed by atoms with Crippen LogP contribution in [0, 0.1) is 5.92 Å². The van der Waals surface area contributed by atoms with Crippen molar-refractivity contribution in [2.75, 3.05) is 0 Å². The van der Waals surface area contributed by atoms with E-state index in [-0.39, 0.29) is 0 Å². The molecule has 0 bridgehead atoms. The summed E-state index contributed by atoms with van der Waals surface area (Å²) in [4.78, 5) is 0. The van der Waals surface area contributed by atoms with Gasteiger partial charge in [-0.05, 0) is 36.3 Å². The van der Waals surface area contributed by atoms with Crippen LogP contribution in [0.3, 0.4) is 0 Å². The van der Waals surface area contributed by atoms with Gasteiger partial charge < -0.3 is 0 Å². The molecule has 2 nitrogen and oxygen atoms in total. The van der Waals surface area contributed by atoms with E-state index in [4.69, 9.17) is 5.84 Å². The Balaban J connectivity index is 2.12. The smallest absolute Gasteiger partial charge is 0.0488 e. The first-order valence-corrected chi connectivity index (χ1v) is 7.40. The number of hydrogen-bond donors (Lipinski definition) is 2. The van der Waals surface area contributed by atoms with Crippen LogP contribution in [0.1, 0.15) is 62.6 Å². The Labute approximate surface area is 111 Å². The lowest BCUT2D eigenvalue weighted by Crippen LogP contribution is -2.34. The van der Waals surface area contributed by atoms with Gasteiger partial charge in [0.25, 0.3) is 0 Å². The molecular weight excluding hydrogens is 220 g/mol. The van der Waals surface area contributed by atoms with E-state index in [1.165, 1.54) is 49.7 Å². The standard InChI is InChI=1S/C16H26N2/c1-2-7-13-8-6-11-15(12-13)16(18-17)14-9-4-3-5-10-14/h6,8,11-12,14,16,18H,2-5,7,9-10,17H2,1H3. The quantitative estimate of drug-likeness (QED) is 0.614. The molecule has 0 heterocycles. The number of rotatable bonds is 5. The highest BCUT2D eigenvalue weighted by atomic mass is 15.2. The van der Waals surface area contributed by atoms with Gasteiger partial charge in [-0.15, -0.1) is 0 Å². The molecule has 0 spiro atoms. The van der Waals surface area contributed by atoms with E-state index in [1.54, 1.807) is 0 Å². The summed E-state index contributed by atoms with van der Waals surface area (Å²) in [5.74, 6) is 6.52. The lowest BCUT2D eigenvalue weighted by Gasteiger charge is -2.30. The van der Waals surface area contributed by atoms with Gasteiger partial charge in [0, 0.05) is 6.04 Å². The van der Waals surface area contributed by atoms with Crippen molar-refractivity contribution >= 4 is 0 Å². The summed E-state index contributed by atoms with van der Waals surface area (Å²) in [5.41, 5.74) is 5.86. The molecule has 1 aromatic rings. The zero-order valence-corrected chi connectivity index (χ0v) is 11.5. The molecule has 1 aromatic carbocycles. The van der Waals surface area contributed by atoms with E-state index < -0.39 is 0 Å². The third-order valence-electron chi connectivity index (χ3n) is 4.15. The molecule has 0 amide bonds. The number of nitrogens with two attached hydrogens (primary N) is 1. The molecule has 0 aromatic heterocycles. The minimum absolute atomic E-state index is 0.335. The first kappa shape index (κ1) is 13.6. The van der Waals surface area contributed by atoms with Crippen molar-refractivity contribution < 1.29 is 0 Å². The second-order valence-electron chi connectivity index (χ2n) is 5.54. The molecule has 1 fully saturated rings. The van der Waals surface area contributed by atoms with E-state index >= 15 is 0 Å². The monoisotopic (exact) mass is 246 g/mol. The Kier molecular flexibility index (Phi) is 5.21. The number of nitrogens with one attached hydrogen (secondary N) is 1. The minimum atomic E-state index is 0.335. The van der Waals surface area contributed by atoms with Crippen molar-refractivity contribution in [3.05, 3.63) is 35.4 Å². The molecule has 1 saturated carbocycles. The predicted molar refractivity (Wildman–Crippen MR) is 77.1 cm³/mol. The van der Waals surface area contributed by atoms with E-state index in [1.807, 2.05) is 0 Å². The van der Waals surface area contributed by atoms with Gasteiger partial charge in [-0.1, -0.05) is 56.9 Å². The fourth-order valence-corrected chi connectivity index (χ4v) is 3.20. The second-order valence-corrected chi connectivity index (χ2v) is 5.54. The van der Waals surface area contributed by atoms with Crippen LogP contribution in [0.25, 0.3) is 0 Å². The van der Waals surface area contributed by atoms with Gasteiger partial charge in [-0.25, -0.2) is 0 Å². The molecule has 0 radical (unpaired) electrons. The van der Waals surface area contributed by atoms with Crippen molar-refractivity contribution in [1.82, 2.24) is 5.43 Å². The highest BCUT2D eigenvalue weighted by molar-refractivity contribution is 5.26. The second kappa shape index (κ2) is 6.91. The van der Waals surface area contributed by atoms with Crippen molar-refractivity contribution in [2.24, 2.45) is 11.8 Å². The third-order valence-corrected chi connectivity index (χ3v) is 4.15. The summed E-state index contributed by atoms with van der Waals surface area (Å²) in [6, 6.07) is 9.29. The first-order chi connectivity index (χ1) is 8.85. The normalized spacial score (nSPS) is 18.8. The van der Waals surface area contributed by atoms with Crippen LogP contribution in [0.2, 0.25) is 0 Å². The average molecular weight is 246 g/mol. The Bertz CT molecular complexity index is 356. The van der Waals surface area contributed by atoms with Gasteiger partial charge in [0.05, 0.1) is 0 Å². The summed E-state index contributed by atoms with van der Waals surface area (Å²) >= 11 is 0. The highest BCUT2D eigenvalue weighted by Gasteiger charge is 2.24. The van der Waals surface area contributed by atoms with E-state index in [0.29, 0.717) is 12.0 Å². The van der Waals surface area contributed by atoms with Gasteiger partial charge in [-0.3, -0.25) is 11.3 Å². The van der Waals surface area contributed by atoms with Gasteiger partial charge in [0.2, 0.25) is 0 Å². The number of benzene rings is 1. The molecule has 2 rings (SSSR count). The molecule has 18 heavy (non-hydrogen) atoms. The molecule has 100 valence electrons. The van der Waals surface area contributed by atoms with Crippen LogP contribution < -0.4 is 11.3 Å². The minimum Gasteiger partial charge on any atom is -0.271 e. The van der Waals surface area contributed by atoms with Gasteiger partial charge in [0.15, 0.2) is 0 Å². The fourth-order valence-electron chi connectivity index (χ4n) is 3.20. The maximum Gasteiger partial charge on any atom is 0.0488 e. The maximum absolute atomic E-state index is 5.81. The molecular formula is C16H26N2. The predicted octanol–water partition coefficient (Wildman–Crippen LogP) is 3.72. The summed E-state index contributed by atoms with van der Waals surface area (Å²) in [7, 11) is 0. The average Bonchev–Trinajstić information content (AvgIpc) is 2.42. The molecule has 2 heteroatoms. The van der Waals surface area contributed by atoms with Crippen LogP contribution in [0.5, 0.6) is 0 Å². The van der Waals surface area contributed by atoms with Crippen molar-refractivity contribution in [2.45, 2.75) is 57.9 Å². The SMILES string of the molecule is CCCc1cccc(C(NN)C2CCCCC2)c1. The fraction of sp³-hybridized carbons (Fsp3) is 0.625. The van der Waals surface area contributed by atoms with Crippen LogP contribution >= 0.6 is 0 Å². The van der Waals surface area contributed by atoms with Crippen molar-refractivity contribution in [1.29, 1.82) is 0 Å². The Hall–Kier alpha value is -0.860. The van der Waals surface area contributed by atoms with E-state index in [9.17, 15) is 0 Å². The zero-order chi connectivity index (χ0) is 12.8. The Morgan fingerprint density at radius 2 is 2.06 bits per heavy atom. The van der Waals surface area contributed by atoms with E-state index in [2.05, 4.69) is 36.6 Å². The van der Waals surface area contributed by atoms with Crippen molar-refractivity contribution in [3.63, 3.8) is 0 Å². The Morgan fingerprint density at radius 1 is 1.28 bits per heavy atom. The molecule has 3 N–H and O–H groups in total. The number of aryl methyl sites for hydroxylation is 1. The molecule has 0 saturated heterocycles. The molecule has 1 aliphatic carbocycles. The third kappa shape index (κ3) is 3.33. The lowest BCUT2D eigenvalue weighted by atomic mass is 9.81. The van der Waals surface area contributed by atoms with Gasteiger partial charge in [-0.2, -0.15) is 0 Å². The molecule has 1 aliphatic rings. The van der Waals surface area contributed by atoms with Gasteiger partial charge in [0.1, 0.15) is 0 Å². The summed E-state index contributed by atoms with van der Waals surface area (Å²) in [6.07, 6.45) is 9.10. The summed E-state index contributed by atoms with van der Waals surface area (Å²) < 4.78 is 0.